The van der Waals surface area contributed by atoms with E-state index >= 15 is 0 Å². The van der Waals surface area contributed by atoms with E-state index in [4.69, 9.17) is 0 Å². The zero-order chi connectivity index (χ0) is 16.1. The molecule has 1 aromatic heterocycles. The highest BCUT2D eigenvalue weighted by Gasteiger charge is 2.22. The van der Waals surface area contributed by atoms with E-state index in [9.17, 15) is 4.79 Å². The van der Waals surface area contributed by atoms with Gasteiger partial charge < -0.3 is 9.88 Å². The lowest BCUT2D eigenvalue weighted by Gasteiger charge is -2.33. The Bertz CT molecular complexity index is 658. The van der Waals surface area contributed by atoms with Crippen molar-refractivity contribution in [2.24, 2.45) is 0 Å². The monoisotopic (exact) mass is 374 g/mol. The molecule has 1 N–H and O–H groups in total. The number of aromatic nitrogens is 2. The highest BCUT2D eigenvalue weighted by atomic mass is 79.9. The normalized spacial score (nSPS) is 16.1. The topological polar surface area (TPSA) is 52.2 Å². The number of halogens is 1. The standard InChI is InChI=1S/C17H19BrN4O/c18-15-5-3-14(4-6-15)2-1-7-21-8-10-22(11-9-21)17(23)16-12-19-13-20-16/h1-6,12-13H,7-11H2,(H,19,20)/b2-1+. The van der Waals surface area contributed by atoms with E-state index in [2.05, 4.69) is 55.1 Å². The third-order valence-electron chi connectivity index (χ3n) is 3.93. The number of benzene rings is 1. The van der Waals surface area contributed by atoms with Gasteiger partial charge in [-0.05, 0) is 17.7 Å². The summed E-state index contributed by atoms with van der Waals surface area (Å²) in [4.78, 5) is 23.2. The maximum atomic E-state index is 12.2. The Morgan fingerprint density at radius 3 is 2.61 bits per heavy atom. The summed E-state index contributed by atoms with van der Waals surface area (Å²) in [7, 11) is 0. The minimum absolute atomic E-state index is 0.0348. The summed E-state index contributed by atoms with van der Waals surface area (Å²) in [6, 6.07) is 8.25. The molecule has 3 rings (SSSR count). The fourth-order valence-electron chi connectivity index (χ4n) is 2.59. The molecule has 1 aromatic carbocycles. The third-order valence-corrected chi connectivity index (χ3v) is 4.46. The Morgan fingerprint density at radius 2 is 1.96 bits per heavy atom. The molecule has 1 aliphatic heterocycles. The van der Waals surface area contributed by atoms with Crippen molar-refractivity contribution in [3.8, 4) is 0 Å². The van der Waals surface area contributed by atoms with E-state index in [1.165, 1.54) is 11.9 Å². The smallest absolute Gasteiger partial charge is 0.272 e. The Morgan fingerprint density at radius 1 is 1.22 bits per heavy atom. The largest absolute Gasteiger partial charge is 0.341 e. The Kier molecular flexibility index (Phi) is 5.25. The first-order valence-electron chi connectivity index (χ1n) is 7.64. The molecule has 1 fully saturated rings. The zero-order valence-corrected chi connectivity index (χ0v) is 14.4. The summed E-state index contributed by atoms with van der Waals surface area (Å²) in [5.41, 5.74) is 1.76. The minimum Gasteiger partial charge on any atom is -0.341 e. The van der Waals surface area contributed by atoms with Gasteiger partial charge in [0.2, 0.25) is 0 Å². The number of amides is 1. The lowest BCUT2D eigenvalue weighted by Crippen LogP contribution is -2.48. The first kappa shape index (κ1) is 16.0. The average Bonchev–Trinajstić information content (AvgIpc) is 3.11. The lowest BCUT2D eigenvalue weighted by atomic mass is 10.2. The van der Waals surface area contributed by atoms with Crippen LogP contribution in [0.1, 0.15) is 16.1 Å². The lowest BCUT2D eigenvalue weighted by molar-refractivity contribution is 0.0645. The number of carbonyl (C=O) groups excluding carboxylic acids is 1. The van der Waals surface area contributed by atoms with Crippen LogP contribution in [0, 0.1) is 0 Å². The molecule has 1 aliphatic rings. The quantitative estimate of drug-likeness (QED) is 0.894. The van der Waals surface area contributed by atoms with Gasteiger partial charge in [-0.15, -0.1) is 0 Å². The summed E-state index contributed by atoms with van der Waals surface area (Å²) >= 11 is 3.44. The number of aromatic amines is 1. The van der Waals surface area contributed by atoms with E-state index in [1.54, 1.807) is 6.20 Å². The van der Waals surface area contributed by atoms with Gasteiger partial charge in [0.05, 0.1) is 12.5 Å². The second-order valence-corrected chi connectivity index (χ2v) is 6.43. The summed E-state index contributed by atoms with van der Waals surface area (Å²) in [5, 5.41) is 0. The SMILES string of the molecule is O=C(c1cnc[nH]1)N1CCN(C/C=C/c2ccc(Br)cc2)CC1. The van der Waals surface area contributed by atoms with Crippen molar-refractivity contribution in [1.29, 1.82) is 0 Å². The van der Waals surface area contributed by atoms with Crippen LogP contribution in [0.25, 0.3) is 6.08 Å². The van der Waals surface area contributed by atoms with Gasteiger partial charge in [-0.25, -0.2) is 4.98 Å². The molecule has 0 unspecified atom stereocenters. The van der Waals surface area contributed by atoms with Crippen molar-refractivity contribution in [2.75, 3.05) is 32.7 Å². The van der Waals surface area contributed by atoms with Gasteiger partial charge >= 0.3 is 0 Å². The Balaban J connectivity index is 1.46. The van der Waals surface area contributed by atoms with Gasteiger partial charge in [-0.2, -0.15) is 0 Å². The van der Waals surface area contributed by atoms with Crippen LogP contribution in [0.2, 0.25) is 0 Å². The van der Waals surface area contributed by atoms with Gasteiger partial charge in [0.1, 0.15) is 5.69 Å². The molecule has 5 nitrogen and oxygen atoms in total. The van der Waals surface area contributed by atoms with Crippen molar-refractivity contribution in [1.82, 2.24) is 19.8 Å². The number of nitrogens with one attached hydrogen (secondary N) is 1. The van der Waals surface area contributed by atoms with Crippen LogP contribution in [-0.4, -0.2) is 58.4 Å². The first-order valence-corrected chi connectivity index (χ1v) is 8.44. The average molecular weight is 375 g/mol. The van der Waals surface area contributed by atoms with Gasteiger partial charge in [-0.3, -0.25) is 9.69 Å². The number of piperazine rings is 1. The molecule has 0 spiro atoms. The van der Waals surface area contributed by atoms with Crippen molar-refractivity contribution < 1.29 is 4.79 Å². The number of hydrogen-bond acceptors (Lipinski definition) is 3. The van der Waals surface area contributed by atoms with E-state index in [1.807, 2.05) is 17.0 Å². The van der Waals surface area contributed by atoms with Crippen LogP contribution in [0.4, 0.5) is 0 Å². The molecule has 23 heavy (non-hydrogen) atoms. The molecule has 2 heterocycles. The number of rotatable bonds is 4. The molecule has 0 saturated carbocycles. The number of imidazole rings is 1. The molecule has 0 bridgehead atoms. The number of H-pyrrole nitrogens is 1. The Hall–Kier alpha value is -1.92. The first-order chi connectivity index (χ1) is 11.2. The fraction of sp³-hybridized carbons (Fsp3) is 0.294. The summed E-state index contributed by atoms with van der Waals surface area (Å²) < 4.78 is 1.09. The van der Waals surface area contributed by atoms with E-state index in [0.29, 0.717) is 5.69 Å². The molecule has 120 valence electrons. The number of nitrogens with zero attached hydrogens (tertiary/aromatic N) is 3. The predicted molar refractivity (Wildman–Crippen MR) is 94.1 cm³/mol. The van der Waals surface area contributed by atoms with Crippen molar-refractivity contribution in [3.05, 3.63) is 58.6 Å². The highest BCUT2D eigenvalue weighted by molar-refractivity contribution is 9.10. The van der Waals surface area contributed by atoms with Crippen molar-refractivity contribution in [2.45, 2.75) is 0 Å². The van der Waals surface area contributed by atoms with Gasteiger partial charge in [0.15, 0.2) is 0 Å². The van der Waals surface area contributed by atoms with Crippen LogP contribution in [-0.2, 0) is 0 Å². The molecule has 6 heteroatoms. The number of hydrogen-bond donors (Lipinski definition) is 1. The van der Waals surface area contributed by atoms with Crippen LogP contribution in [0.3, 0.4) is 0 Å². The molecule has 0 atom stereocenters. The Labute approximate surface area is 144 Å². The fourth-order valence-corrected chi connectivity index (χ4v) is 2.85. The van der Waals surface area contributed by atoms with E-state index < -0.39 is 0 Å². The summed E-state index contributed by atoms with van der Waals surface area (Å²) in [5.74, 6) is 0.0348. The predicted octanol–water partition coefficient (Wildman–Crippen LogP) is 2.64. The van der Waals surface area contributed by atoms with Crippen molar-refractivity contribution in [3.63, 3.8) is 0 Å². The second kappa shape index (κ2) is 7.57. The summed E-state index contributed by atoms with van der Waals surface area (Å²) in [6.45, 7) is 4.20. The molecule has 0 radical (unpaired) electrons. The van der Waals surface area contributed by atoms with Gasteiger partial charge in [-0.1, -0.05) is 40.2 Å². The highest BCUT2D eigenvalue weighted by Crippen LogP contribution is 2.12. The zero-order valence-electron chi connectivity index (χ0n) is 12.8. The molecule has 1 saturated heterocycles. The van der Waals surface area contributed by atoms with Crippen LogP contribution in [0.5, 0.6) is 0 Å². The third kappa shape index (κ3) is 4.30. The molecular weight excluding hydrogens is 356 g/mol. The maximum Gasteiger partial charge on any atom is 0.272 e. The van der Waals surface area contributed by atoms with Crippen molar-refractivity contribution >= 4 is 27.9 Å². The minimum atomic E-state index is 0.0348. The van der Waals surface area contributed by atoms with Crippen LogP contribution < -0.4 is 0 Å². The van der Waals surface area contributed by atoms with Gasteiger partial charge in [0.25, 0.3) is 5.91 Å². The van der Waals surface area contributed by atoms with E-state index in [-0.39, 0.29) is 5.91 Å². The van der Waals surface area contributed by atoms with E-state index in [0.717, 1.165) is 37.2 Å². The number of carbonyl (C=O) groups is 1. The maximum absolute atomic E-state index is 12.2. The second-order valence-electron chi connectivity index (χ2n) is 5.51. The van der Waals surface area contributed by atoms with Gasteiger partial charge in [0, 0.05) is 37.2 Å². The molecule has 2 aromatic rings. The van der Waals surface area contributed by atoms with Crippen LogP contribution in [0.15, 0.2) is 47.3 Å². The molecular formula is C17H19BrN4O. The van der Waals surface area contributed by atoms with Crippen LogP contribution >= 0.6 is 15.9 Å². The molecule has 1 amide bonds. The molecule has 0 aliphatic carbocycles. The summed E-state index contributed by atoms with van der Waals surface area (Å²) in [6.07, 6.45) is 7.43.